The van der Waals surface area contributed by atoms with Crippen LogP contribution in [0.3, 0.4) is 0 Å². The molecule has 1 aromatic rings. The van der Waals surface area contributed by atoms with E-state index in [1.807, 2.05) is 4.90 Å². The molecule has 6 nitrogen and oxygen atoms in total. The molecule has 3 heterocycles. The second-order valence-corrected chi connectivity index (χ2v) is 6.19. The fourth-order valence-electron chi connectivity index (χ4n) is 3.01. The molecular formula is C15H21ClN4O2. The Hall–Kier alpha value is -1.40. The van der Waals surface area contributed by atoms with Gasteiger partial charge in [-0.1, -0.05) is 11.6 Å². The molecule has 0 atom stereocenters. The third-order valence-electron chi connectivity index (χ3n) is 4.27. The Labute approximate surface area is 135 Å². The van der Waals surface area contributed by atoms with Crippen molar-refractivity contribution < 1.29 is 9.53 Å². The van der Waals surface area contributed by atoms with E-state index in [0.29, 0.717) is 24.2 Å². The predicted molar refractivity (Wildman–Crippen MR) is 84.0 cm³/mol. The van der Waals surface area contributed by atoms with Crippen molar-refractivity contribution in [3.8, 4) is 0 Å². The summed E-state index contributed by atoms with van der Waals surface area (Å²) in [4.78, 5) is 25.2. The van der Waals surface area contributed by atoms with Gasteiger partial charge >= 0.3 is 0 Å². The first kappa shape index (κ1) is 15.5. The van der Waals surface area contributed by atoms with Gasteiger partial charge in [0, 0.05) is 45.3 Å². The largest absolute Gasteiger partial charge is 0.381 e. The first-order valence-corrected chi connectivity index (χ1v) is 8.21. The molecule has 2 saturated heterocycles. The van der Waals surface area contributed by atoms with E-state index in [1.165, 1.54) is 0 Å². The molecule has 3 rings (SSSR count). The number of carbonyl (C=O) groups is 1. The molecule has 2 aliphatic heterocycles. The highest BCUT2D eigenvalue weighted by Gasteiger charge is 2.28. The van der Waals surface area contributed by atoms with Crippen LogP contribution in [0.1, 0.15) is 19.3 Å². The number of halogens is 1. The number of amides is 1. The molecule has 0 bridgehead atoms. The smallest absolute Gasteiger partial charge is 0.225 e. The molecule has 7 heteroatoms. The number of aromatic nitrogens is 2. The number of carbonyl (C=O) groups excluding carboxylic acids is 1. The van der Waals surface area contributed by atoms with Crippen LogP contribution in [0, 0.1) is 5.92 Å². The lowest BCUT2D eigenvalue weighted by Crippen LogP contribution is -2.40. The fourth-order valence-corrected chi connectivity index (χ4v) is 3.11. The molecule has 0 spiro atoms. The number of ether oxygens (including phenoxy) is 1. The Balaban J connectivity index is 1.59. The fraction of sp³-hybridized carbons (Fsp3) is 0.667. The van der Waals surface area contributed by atoms with Crippen molar-refractivity contribution in [1.82, 2.24) is 14.9 Å². The number of hydrogen-bond acceptors (Lipinski definition) is 5. The molecule has 1 aromatic heterocycles. The Morgan fingerprint density at radius 2 is 1.86 bits per heavy atom. The van der Waals surface area contributed by atoms with Crippen LogP contribution in [-0.2, 0) is 9.53 Å². The van der Waals surface area contributed by atoms with E-state index in [9.17, 15) is 4.79 Å². The number of hydrogen-bond donors (Lipinski definition) is 0. The zero-order valence-corrected chi connectivity index (χ0v) is 13.3. The topological polar surface area (TPSA) is 58.6 Å². The molecule has 0 radical (unpaired) electrons. The van der Waals surface area contributed by atoms with Gasteiger partial charge in [0.05, 0.1) is 17.4 Å². The second-order valence-electron chi connectivity index (χ2n) is 5.75. The molecule has 1 amide bonds. The molecule has 0 aliphatic carbocycles. The van der Waals surface area contributed by atoms with Gasteiger partial charge in [0.1, 0.15) is 0 Å². The zero-order chi connectivity index (χ0) is 15.4. The minimum Gasteiger partial charge on any atom is -0.381 e. The number of anilines is 1. The Morgan fingerprint density at radius 1 is 1.14 bits per heavy atom. The van der Waals surface area contributed by atoms with E-state index in [-0.39, 0.29) is 11.8 Å². The highest BCUT2D eigenvalue weighted by Crippen LogP contribution is 2.19. The maximum Gasteiger partial charge on any atom is 0.225 e. The summed E-state index contributed by atoms with van der Waals surface area (Å²) in [6, 6.07) is 0. The first-order chi connectivity index (χ1) is 10.7. The van der Waals surface area contributed by atoms with Crippen molar-refractivity contribution in [2.45, 2.75) is 19.3 Å². The van der Waals surface area contributed by atoms with Gasteiger partial charge in [-0.3, -0.25) is 4.79 Å². The SMILES string of the molecule is O=C(C1CCOCC1)N1CCCN(c2ncc(Cl)cn2)CC1. The van der Waals surface area contributed by atoms with Gasteiger partial charge in [-0.05, 0) is 19.3 Å². The Bertz CT molecular complexity index is 505. The Morgan fingerprint density at radius 3 is 2.59 bits per heavy atom. The van der Waals surface area contributed by atoms with Crippen molar-refractivity contribution in [3.63, 3.8) is 0 Å². The summed E-state index contributed by atoms with van der Waals surface area (Å²) in [6.45, 7) is 4.56. The van der Waals surface area contributed by atoms with Crippen LogP contribution in [-0.4, -0.2) is 60.2 Å². The van der Waals surface area contributed by atoms with Gasteiger partial charge in [0.2, 0.25) is 11.9 Å². The van der Waals surface area contributed by atoms with Crippen molar-refractivity contribution >= 4 is 23.5 Å². The van der Waals surface area contributed by atoms with Crippen LogP contribution in [0.2, 0.25) is 5.02 Å². The first-order valence-electron chi connectivity index (χ1n) is 7.83. The van der Waals surface area contributed by atoms with Gasteiger partial charge < -0.3 is 14.5 Å². The molecule has 0 aromatic carbocycles. The average Bonchev–Trinajstić information content (AvgIpc) is 2.82. The van der Waals surface area contributed by atoms with Crippen LogP contribution < -0.4 is 4.90 Å². The van der Waals surface area contributed by atoms with Crippen molar-refractivity contribution in [1.29, 1.82) is 0 Å². The lowest BCUT2D eigenvalue weighted by Gasteiger charge is -2.28. The third-order valence-corrected chi connectivity index (χ3v) is 4.46. The minimum absolute atomic E-state index is 0.132. The zero-order valence-electron chi connectivity index (χ0n) is 12.6. The molecule has 0 saturated carbocycles. The predicted octanol–water partition coefficient (Wildman–Crippen LogP) is 1.60. The molecule has 22 heavy (non-hydrogen) atoms. The third kappa shape index (κ3) is 3.67. The quantitative estimate of drug-likeness (QED) is 0.827. The summed E-state index contributed by atoms with van der Waals surface area (Å²) in [7, 11) is 0. The van der Waals surface area contributed by atoms with Crippen LogP contribution >= 0.6 is 11.6 Å². The maximum atomic E-state index is 12.6. The Kier molecular flexibility index (Phi) is 5.10. The molecule has 2 aliphatic rings. The standard InChI is InChI=1S/C15H21ClN4O2/c16-13-10-17-15(18-11-13)20-5-1-4-19(6-7-20)14(21)12-2-8-22-9-3-12/h10-12H,1-9H2. The van der Waals surface area contributed by atoms with Crippen LogP contribution in [0.4, 0.5) is 5.95 Å². The van der Waals surface area contributed by atoms with Gasteiger partial charge in [-0.25, -0.2) is 9.97 Å². The van der Waals surface area contributed by atoms with Crippen LogP contribution in [0.25, 0.3) is 0 Å². The summed E-state index contributed by atoms with van der Waals surface area (Å²) in [5.74, 6) is 1.10. The average molecular weight is 325 g/mol. The molecule has 120 valence electrons. The summed E-state index contributed by atoms with van der Waals surface area (Å²) >= 11 is 5.83. The van der Waals surface area contributed by atoms with E-state index in [2.05, 4.69) is 14.9 Å². The molecular weight excluding hydrogens is 304 g/mol. The van der Waals surface area contributed by atoms with Gasteiger partial charge in [-0.15, -0.1) is 0 Å². The summed E-state index contributed by atoms with van der Waals surface area (Å²) in [5.41, 5.74) is 0. The summed E-state index contributed by atoms with van der Waals surface area (Å²) in [6.07, 6.45) is 5.85. The van der Waals surface area contributed by atoms with E-state index in [0.717, 1.165) is 45.4 Å². The van der Waals surface area contributed by atoms with Crippen molar-refractivity contribution in [3.05, 3.63) is 17.4 Å². The van der Waals surface area contributed by atoms with Gasteiger partial charge in [-0.2, -0.15) is 0 Å². The highest BCUT2D eigenvalue weighted by atomic mass is 35.5. The lowest BCUT2D eigenvalue weighted by atomic mass is 9.98. The van der Waals surface area contributed by atoms with E-state index >= 15 is 0 Å². The monoisotopic (exact) mass is 324 g/mol. The van der Waals surface area contributed by atoms with E-state index < -0.39 is 0 Å². The van der Waals surface area contributed by atoms with Gasteiger partial charge in [0.15, 0.2) is 0 Å². The molecule has 2 fully saturated rings. The van der Waals surface area contributed by atoms with Crippen LogP contribution in [0.5, 0.6) is 0 Å². The normalized spacial score (nSPS) is 20.8. The van der Waals surface area contributed by atoms with Crippen molar-refractivity contribution in [2.24, 2.45) is 5.92 Å². The molecule has 0 N–H and O–H groups in total. The summed E-state index contributed by atoms with van der Waals surface area (Å²) in [5, 5.41) is 0.537. The van der Waals surface area contributed by atoms with Crippen LogP contribution in [0.15, 0.2) is 12.4 Å². The summed E-state index contributed by atoms with van der Waals surface area (Å²) < 4.78 is 5.34. The van der Waals surface area contributed by atoms with E-state index in [4.69, 9.17) is 16.3 Å². The van der Waals surface area contributed by atoms with Gasteiger partial charge in [0.25, 0.3) is 0 Å². The molecule has 0 unspecified atom stereocenters. The number of rotatable bonds is 2. The second kappa shape index (κ2) is 7.24. The van der Waals surface area contributed by atoms with Crippen molar-refractivity contribution in [2.75, 3.05) is 44.3 Å². The number of nitrogens with zero attached hydrogens (tertiary/aromatic N) is 4. The minimum atomic E-state index is 0.132. The lowest BCUT2D eigenvalue weighted by molar-refractivity contribution is -0.138. The maximum absolute atomic E-state index is 12.6. The van der Waals surface area contributed by atoms with E-state index in [1.54, 1.807) is 12.4 Å². The highest BCUT2D eigenvalue weighted by molar-refractivity contribution is 6.30.